The lowest BCUT2D eigenvalue weighted by Gasteiger charge is -2.39. The van der Waals surface area contributed by atoms with Crippen molar-refractivity contribution in [3.8, 4) is 5.75 Å². The van der Waals surface area contributed by atoms with E-state index in [0.29, 0.717) is 6.04 Å². The topological polar surface area (TPSA) is 12.5 Å². The molecule has 2 nitrogen and oxygen atoms in total. The van der Waals surface area contributed by atoms with Crippen molar-refractivity contribution in [2.75, 3.05) is 11.5 Å². The highest BCUT2D eigenvalue weighted by molar-refractivity contribution is 5.61. The molecule has 24 heavy (non-hydrogen) atoms. The summed E-state index contributed by atoms with van der Waals surface area (Å²) in [6.45, 7) is 1.62. The van der Waals surface area contributed by atoms with E-state index in [4.69, 9.17) is 4.74 Å². The molecule has 0 N–H and O–H groups in total. The van der Waals surface area contributed by atoms with E-state index in [2.05, 4.69) is 83.8 Å². The van der Waals surface area contributed by atoms with Gasteiger partial charge < -0.3 is 9.64 Å². The maximum Gasteiger partial charge on any atom is 0.142 e. The molecule has 3 aromatic rings. The number of hydrogen-bond acceptors (Lipinski definition) is 2. The molecule has 0 bridgehead atoms. The molecule has 2 heteroatoms. The van der Waals surface area contributed by atoms with Crippen LogP contribution in [0.3, 0.4) is 0 Å². The summed E-state index contributed by atoms with van der Waals surface area (Å²) in [6, 6.07) is 30.0. The van der Waals surface area contributed by atoms with Crippen LogP contribution in [-0.2, 0) is 13.0 Å². The van der Waals surface area contributed by atoms with E-state index in [1.165, 1.54) is 16.8 Å². The number of benzene rings is 3. The van der Waals surface area contributed by atoms with Crippen LogP contribution in [0.15, 0.2) is 84.9 Å². The van der Waals surface area contributed by atoms with Crippen LogP contribution in [0.5, 0.6) is 5.75 Å². The zero-order valence-electron chi connectivity index (χ0n) is 13.6. The normalized spacial score (nSPS) is 16.3. The van der Waals surface area contributed by atoms with Gasteiger partial charge in [-0.05, 0) is 29.7 Å². The molecule has 1 atom stereocenters. The Morgan fingerprint density at radius 3 is 2.12 bits per heavy atom. The number of ether oxygens (including phenoxy) is 1. The maximum absolute atomic E-state index is 6.03. The Morgan fingerprint density at radius 1 is 0.750 bits per heavy atom. The molecule has 0 fully saturated rings. The van der Waals surface area contributed by atoms with Gasteiger partial charge in [-0.3, -0.25) is 0 Å². The Kier molecular flexibility index (Phi) is 4.20. The second-order valence-corrected chi connectivity index (χ2v) is 6.24. The number of rotatable bonds is 4. The first kappa shape index (κ1) is 14.8. The van der Waals surface area contributed by atoms with Crippen molar-refractivity contribution in [1.29, 1.82) is 0 Å². The highest BCUT2D eigenvalue weighted by atomic mass is 16.5. The molecule has 1 aliphatic heterocycles. The lowest BCUT2D eigenvalue weighted by atomic mass is 10.0. The summed E-state index contributed by atoms with van der Waals surface area (Å²) in [4.78, 5) is 2.49. The summed E-state index contributed by atoms with van der Waals surface area (Å²) in [5, 5.41) is 0. The Labute approximate surface area is 143 Å². The number of para-hydroxylation sites is 2. The Hall–Kier alpha value is -2.74. The summed E-state index contributed by atoms with van der Waals surface area (Å²) >= 11 is 0. The number of anilines is 1. The van der Waals surface area contributed by atoms with Crippen molar-refractivity contribution in [3.63, 3.8) is 0 Å². The van der Waals surface area contributed by atoms with Crippen LogP contribution in [0, 0.1) is 0 Å². The van der Waals surface area contributed by atoms with Crippen LogP contribution in [0.1, 0.15) is 11.1 Å². The lowest BCUT2D eigenvalue weighted by Crippen LogP contribution is -2.44. The summed E-state index contributed by atoms with van der Waals surface area (Å²) in [5.41, 5.74) is 3.87. The van der Waals surface area contributed by atoms with Gasteiger partial charge in [0, 0.05) is 6.54 Å². The summed E-state index contributed by atoms with van der Waals surface area (Å²) in [5.74, 6) is 0.984. The van der Waals surface area contributed by atoms with Crippen molar-refractivity contribution in [2.45, 2.75) is 19.0 Å². The van der Waals surface area contributed by atoms with Crippen molar-refractivity contribution in [1.82, 2.24) is 0 Å². The van der Waals surface area contributed by atoms with Gasteiger partial charge >= 0.3 is 0 Å². The van der Waals surface area contributed by atoms with E-state index >= 15 is 0 Å². The monoisotopic (exact) mass is 315 g/mol. The minimum atomic E-state index is 0.336. The van der Waals surface area contributed by atoms with Crippen LogP contribution < -0.4 is 9.64 Å². The molecule has 0 saturated heterocycles. The molecule has 0 saturated carbocycles. The minimum Gasteiger partial charge on any atom is -0.489 e. The fourth-order valence-electron chi connectivity index (χ4n) is 3.34. The van der Waals surface area contributed by atoms with Crippen LogP contribution in [0.2, 0.25) is 0 Å². The molecule has 3 aromatic carbocycles. The molecule has 4 rings (SSSR count). The summed E-state index contributed by atoms with van der Waals surface area (Å²) in [7, 11) is 0. The van der Waals surface area contributed by atoms with Gasteiger partial charge in [-0.1, -0.05) is 72.8 Å². The predicted octanol–water partition coefficient (Wildman–Crippen LogP) is 4.70. The van der Waals surface area contributed by atoms with Gasteiger partial charge in [0.2, 0.25) is 0 Å². The van der Waals surface area contributed by atoms with Crippen molar-refractivity contribution in [3.05, 3.63) is 96.1 Å². The van der Waals surface area contributed by atoms with E-state index in [9.17, 15) is 0 Å². The maximum atomic E-state index is 6.03. The largest absolute Gasteiger partial charge is 0.489 e. The van der Waals surface area contributed by atoms with E-state index < -0.39 is 0 Å². The molecule has 0 amide bonds. The standard InChI is InChI=1S/C22H21NO/c1-3-9-18(10-4-1)15-20-17-24-22-14-8-7-13-21(22)23(20)16-19-11-5-2-6-12-19/h1-14,20H,15-17H2/t20-/m0/s1. The molecule has 0 aromatic heterocycles. The molecule has 0 aliphatic carbocycles. The van der Waals surface area contributed by atoms with Crippen molar-refractivity contribution < 1.29 is 4.74 Å². The minimum absolute atomic E-state index is 0.336. The van der Waals surface area contributed by atoms with Crippen molar-refractivity contribution >= 4 is 5.69 Å². The van der Waals surface area contributed by atoms with Gasteiger partial charge in [0.05, 0.1) is 11.7 Å². The Balaban J connectivity index is 1.65. The summed E-state index contributed by atoms with van der Waals surface area (Å²) < 4.78 is 6.03. The third-order valence-electron chi connectivity index (χ3n) is 4.56. The fraction of sp³-hybridized carbons (Fsp3) is 0.182. The van der Waals surface area contributed by atoms with E-state index in [-0.39, 0.29) is 0 Å². The Bertz CT molecular complexity index is 785. The third-order valence-corrected chi connectivity index (χ3v) is 4.56. The highest BCUT2D eigenvalue weighted by Crippen LogP contribution is 2.35. The van der Waals surface area contributed by atoms with E-state index in [0.717, 1.165) is 25.3 Å². The summed E-state index contributed by atoms with van der Waals surface area (Å²) in [6.07, 6.45) is 0.988. The second kappa shape index (κ2) is 6.79. The first-order chi connectivity index (χ1) is 11.9. The smallest absolute Gasteiger partial charge is 0.142 e. The predicted molar refractivity (Wildman–Crippen MR) is 98.5 cm³/mol. The molecule has 1 aliphatic rings. The molecular weight excluding hydrogens is 294 g/mol. The van der Waals surface area contributed by atoms with Crippen LogP contribution in [-0.4, -0.2) is 12.6 Å². The third kappa shape index (κ3) is 3.13. The molecule has 1 heterocycles. The quantitative estimate of drug-likeness (QED) is 0.692. The van der Waals surface area contributed by atoms with E-state index in [1.807, 2.05) is 6.07 Å². The van der Waals surface area contributed by atoms with Crippen LogP contribution in [0.4, 0.5) is 5.69 Å². The SMILES string of the molecule is c1ccc(C[C@H]2COc3ccccc3N2Cc2ccccc2)cc1. The van der Waals surface area contributed by atoms with Gasteiger partial charge in [0.1, 0.15) is 12.4 Å². The van der Waals surface area contributed by atoms with Crippen molar-refractivity contribution in [2.24, 2.45) is 0 Å². The number of fused-ring (bicyclic) bond motifs is 1. The fourth-order valence-corrected chi connectivity index (χ4v) is 3.34. The number of hydrogen-bond donors (Lipinski definition) is 0. The first-order valence-electron chi connectivity index (χ1n) is 8.46. The zero-order valence-corrected chi connectivity index (χ0v) is 13.6. The molecule has 0 unspecified atom stereocenters. The first-order valence-corrected chi connectivity index (χ1v) is 8.46. The van der Waals surface area contributed by atoms with Gasteiger partial charge in [-0.25, -0.2) is 0 Å². The lowest BCUT2D eigenvalue weighted by molar-refractivity contribution is 0.259. The van der Waals surface area contributed by atoms with Gasteiger partial charge in [-0.2, -0.15) is 0 Å². The molecule has 0 radical (unpaired) electrons. The number of nitrogens with zero attached hydrogens (tertiary/aromatic N) is 1. The molecule has 120 valence electrons. The highest BCUT2D eigenvalue weighted by Gasteiger charge is 2.27. The van der Waals surface area contributed by atoms with Crippen LogP contribution in [0.25, 0.3) is 0 Å². The average Bonchev–Trinajstić information content (AvgIpc) is 2.65. The van der Waals surface area contributed by atoms with Gasteiger partial charge in [0.15, 0.2) is 0 Å². The Morgan fingerprint density at radius 2 is 1.38 bits per heavy atom. The van der Waals surface area contributed by atoms with E-state index in [1.54, 1.807) is 0 Å². The molecular formula is C22H21NO. The zero-order chi connectivity index (χ0) is 16.2. The second-order valence-electron chi connectivity index (χ2n) is 6.24. The van der Waals surface area contributed by atoms with Crippen LogP contribution >= 0.6 is 0 Å². The average molecular weight is 315 g/mol. The van der Waals surface area contributed by atoms with Gasteiger partial charge in [0.25, 0.3) is 0 Å². The van der Waals surface area contributed by atoms with Gasteiger partial charge in [-0.15, -0.1) is 0 Å². The molecule has 0 spiro atoms.